The van der Waals surface area contributed by atoms with Crippen LogP contribution in [0.25, 0.3) is 0 Å². The van der Waals surface area contributed by atoms with Crippen LogP contribution in [-0.2, 0) is 26.2 Å². The molecule has 0 aliphatic heterocycles. The lowest BCUT2D eigenvalue weighted by atomic mass is 10.1. The van der Waals surface area contributed by atoms with Crippen LogP contribution in [0.5, 0.6) is 0 Å². The molecular formula is C25H35N3O4S. The van der Waals surface area contributed by atoms with Gasteiger partial charge >= 0.3 is 0 Å². The first-order valence-corrected chi connectivity index (χ1v) is 13.1. The molecule has 2 rings (SSSR count). The average Bonchev–Trinajstić information content (AvgIpc) is 2.78. The molecule has 33 heavy (non-hydrogen) atoms. The molecule has 1 N–H and O–H groups in total. The summed E-state index contributed by atoms with van der Waals surface area (Å²) in [5.41, 5.74) is 2.54. The third-order valence-electron chi connectivity index (χ3n) is 5.39. The molecule has 0 saturated carbocycles. The van der Waals surface area contributed by atoms with Gasteiger partial charge in [0, 0.05) is 26.1 Å². The molecule has 0 aliphatic carbocycles. The number of aryl methyl sites for hydroxylation is 1. The van der Waals surface area contributed by atoms with Crippen molar-refractivity contribution in [2.75, 3.05) is 23.7 Å². The van der Waals surface area contributed by atoms with Crippen LogP contribution in [0.2, 0.25) is 0 Å². The van der Waals surface area contributed by atoms with E-state index in [2.05, 4.69) is 5.32 Å². The van der Waals surface area contributed by atoms with Crippen molar-refractivity contribution in [1.29, 1.82) is 0 Å². The SMILES string of the molecule is CCCNC(=O)[C@@H](C)N(Cc1ccccc1)C(=O)CCCN(c1ccc(C)cc1)S(C)(=O)=O. The number of hydrogen-bond acceptors (Lipinski definition) is 4. The quantitative estimate of drug-likeness (QED) is 0.511. The fourth-order valence-electron chi connectivity index (χ4n) is 3.47. The van der Waals surface area contributed by atoms with Crippen LogP contribution in [0, 0.1) is 6.92 Å². The second kappa shape index (κ2) is 12.4. The fraction of sp³-hybridized carbons (Fsp3) is 0.440. The number of amides is 2. The first-order chi connectivity index (χ1) is 15.6. The first kappa shape index (κ1) is 26.4. The highest BCUT2D eigenvalue weighted by Gasteiger charge is 2.26. The molecular weight excluding hydrogens is 438 g/mol. The lowest BCUT2D eigenvalue weighted by molar-refractivity contribution is -0.140. The van der Waals surface area contributed by atoms with Gasteiger partial charge in [0.15, 0.2) is 0 Å². The Hall–Kier alpha value is -2.87. The zero-order valence-corrected chi connectivity index (χ0v) is 20.8. The minimum atomic E-state index is -3.49. The van der Waals surface area contributed by atoms with E-state index in [1.165, 1.54) is 4.31 Å². The van der Waals surface area contributed by atoms with Crippen LogP contribution in [0.4, 0.5) is 5.69 Å². The summed E-state index contributed by atoms with van der Waals surface area (Å²) in [6.07, 6.45) is 2.45. The third kappa shape index (κ3) is 8.20. The summed E-state index contributed by atoms with van der Waals surface area (Å²) in [5, 5.41) is 2.85. The van der Waals surface area contributed by atoms with E-state index in [1.807, 2.05) is 56.3 Å². The smallest absolute Gasteiger partial charge is 0.242 e. The Kier molecular flexibility index (Phi) is 9.91. The molecule has 0 fully saturated rings. The zero-order valence-electron chi connectivity index (χ0n) is 20.0. The molecule has 180 valence electrons. The van der Waals surface area contributed by atoms with Crippen molar-refractivity contribution >= 4 is 27.5 Å². The minimum Gasteiger partial charge on any atom is -0.354 e. The molecule has 0 spiro atoms. The van der Waals surface area contributed by atoms with Gasteiger partial charge in [-0.2, -0.15) is 0 Å². The summed E-state index contributed by atoms with van der Waals surface area (Å²) in [6.45, 7) is 6.68. The number of carbonyl (C=O) groups is 2. The Balaban J connectivity index is 2.11. The maximum Gasteiger partial charge on any atom is 0.242 e. The van der Waals surface area contributed by atoms with Gasteiger partial charge in [-0.05, 0) is 44.4 Å². The fourth-order valence-corrected chi connectivity index (χ4v) is 4.44. The molecule has 0 aliphatic rings. The van der Waals surface area contributed by atoms with Gasteiger partial charge < -0.3 is 10.2 Å². The van der Waals surface area contributed by atoms with Crippen molar-refractivity contribution < 1.29 is 18.0 Å². The molecule has 0 bridgehead atoms. The number of carbonyl (C=O) groups excluding carboxylic acids is 2. The van der Waals surface area contributed by atoms with Crippen molar-refractivity contribution in [2.24, 2.45) is 0 Å². The molecule has 2 amide bonds. The second-order valence-corrected chi connectivity index (χ2v) is 10.2. The van der Waals surface area contributed by atoms with E-state index >= 15 is 0 Å². The van der Waals surface area contributed by atoms with Gasteiger partial charge in [-0.25, -0.2) is 8.42 Å². The number of nitrogens with one attached hydrogen (secondary N) is 1. The molecule has 0 saturated heterocycles. The van der Waals surface area contributed by atoms with Crippen LogP contribution in [0.15, 0.2) is 54.6 Å². The second-order valence-electron chi connectivity index (χ2n) is 8.25. The molecule has 2 aromatic carbocycles. The Bertz CT molecular complexity index is 1010. The van der Waals surface area contributed by atoms with Crippen LogP contribution in [0.3, 0.4) is 0 Å². The predicted molar refractivity (Wildman–Crippen MR) is 132 cm³/mol. The van der Waals surface area contributed by atoms with Crippen LogP contribution < -0.4 is 9.62 Å². The largest absolute Gasteiger partial charge is 0.354 e. The lowest BCUT2D eigenvalue weighted by Gasteiger charge is -2.29. The highest BCUT2D eigenvalue weighted by Crippen LogP contribution is 2.19. The standard InChI is InChI=1S/C25H35N3O4S/c1-5-17-26-25(30)21(3)27(19-22-10-7-6-8-11-22)24(29)12-9-18-28(33(4,31)32)23-15-13-20(2)14-16-23/h6-8,10-11,13-16,21H,5,9,12,17-19H2,1-4H3,(H,26,30)/t21-/m1/s1. The van der Waals surface area contributed by atoms with E-state index in [4.69, 9.17) is 0 Å². The number of benzene rings is 2. The number of rotatable bonds is 12. The van der Waals surface area contributed by atoms with E-state index in [9.17, 15) is 18.0 Å². The van der Waals surface area contributed by atoms with Gasteiger partial charge in [-0.1, -0.05) is 55.0 Å². The van der Waals surface area contributed by atoms with Crippen LogP contribution in [-0.4, -0.2) is 50.5 Å². The molecule has 7 nitrogen and oxygen atoms in total. The van der Waals surface area contributed by atoms with Crippen molar-refractivity contribution in [3.8, 4) is 0 Å². The van der Waals surface area contributed by atoms with E-state index in [0.29, 0.717) is 25.2 Å². The van der Waals surface area contributed by atoms with Gasteiger partial charge in [0.25, 0.3) is 0 Å². The summed E-state index contributed by atoms with van der Waals surface area (Å²) < 4.78 is 26.0. The molecule has 0 heterocycles. The van der Waals surface area contributed by atoms with Gasteiger partial charge in [0.05, 0.1) is 11.9 Å². The van der Waals surface area contributed by atoms with Crippen molar-refractivity contribution in [1.82, 2.24) is 10.2 Å². The summed E-state index contributed by atoms with van der Waals surface area (Å²) in [6, 6.07) is 16.1. The summed E-state index contributed by atoms with van der Waals surface area (Å²) in [5.74, 6) is -0.381. The Morgan fingerprint density at radius 2 is 1.67 bits per heavy atom. The van der Waals surface area contributed by atoms with Gasteiger partial charge in [0.1, 0.15) is 6.04 Å². The predicted octanol–water partition coefficient (Wildman–Crippen LogP) is 3.48. The van der Waals surface area contributed by atoms with Crippen LogP contribution in [0.1, 0.15) is 44.2 Å². The average molecular weight is 474 g/mol. The molecule has 0 aromatic heterocycles. The number of sulfonamides is 1. The maximum atomic E-state index is 13.2. The maximum absolute atomic E-state index is 13.2. The minimum absolute atomic E-state index is 0.135. The van der Waals surface area contributed by atoms with Crippen molar-refractivity contribution in [3.63, 3.8) is 0 Å². The Morgan fingerprint density at radius 3 is 2.24 bits per heavy atom. The first-order valence-electron chi connectivity index (χ1n) is 11.3. The normalized spacial score (nSPS) is 12.1. The number of anilines is 1. The highest BCUT2D eigenvalue weighted by atomic mass is 32.2. The third-order valence-corrected chi connectivity index (χ3v) is 6.58. The summed E-state index contributed by atoms with van der Waals surface area (Å²) in [4.78, 5) is 27.3. The topological polar surface area (TPSA) is 86.8 Å². The molecule has 0 unspecified atom stereocenters. The van der Waals surface area contributed by atoms with Crippen molar-refractivity contribution in [2.45, 2.75) is 52.6 Å². The number of hydrogen-bond donors (Lipinski definition) is 1. The molecule has 8 heteroatoms. The van der Waals surface area contributed by atoms with E-state index in [-0.39, 0.29) is 24.8 Å². The zero-order chi connectivity index (χ0) is 24.4. The Morgan fingerprint density at radius 1 is 1.03 bits per heavy atom. The van der Waals surface area contributed by atoms with Gasteiger partial charge in [-0.15, -0.1) is 0 Å². The van der Waals surface area contributed by atoms with E-state index < -0.39 is 16.1 Å². The lowest BCUT2D eigenvalue weighted by Crippen LogP contribution is -2.47. The summed E-state index contributed by atoms with van der Waals surface area (Å²) >= 11 is 0. The molecule has 1 atom stereocenters. The van der Waals surface area contributed by atoms with E-state index in [1.54, 1.807) is 24.0 Å². The molecule has 0 radical (unpaired) electrons. The van der Waals surface area contributed by atoms with Crippen LogP contribution >= 0.6 is 0 Å². The molecule has 2 aromatic rings. The van der Waals surface area contributed by atoms with Gasteiger partial charge in [0.2, 0.25) is 21.8 Å². The highest BCUT2D eigenvalue weighted by molar-refractivity contribution is 7.92. The Labute approximate surface area is 197 Å². The van der Waals surface area contributed by atoms with E-state index in [0.717, 1.165) is 23.8 Å². The van der Waals surface area contributed by atoms with Gasteiger partial charge in [-0.3, -0.25) is 13.9 Å². The number of nitrogens with zero attached hydrogens (tertiary/aromatic N) is 2. The summed E-state index contributed by atoms with van der Waals surface area (Å²) in [7, 11) is -3.49. The monoisotopic (exact) mass is 473 g/mol. The van der Waals surface area contributed by atoms with Crippen molar-refractivity contribution in [3.05, 3.63) is 65.7 Å².